The van der Waals surface area contributed by atoms with Crippen molar-refractivity contribution in [2.24, 2.45) is 0 Å². The minimum Gasteiger partial charge on any atom is -0.445 e. The van der Waals surface area contributed by atoms with Crippen LogP contribution in [0.15, 0.2) is 41.8 Å². The summed E-state index contributed by atoms with van der Waals surface area (Å²) in [5, 5.41) is 24.8. The molecule has 0 saturated carbocycles. The van der Waals surface area contributed by atoms with Gasteiger partial charge >= 0.3 is 6.09 Å². The number of rotatable bonds is 8. The van der Waals surface area contributed by atoms with E-state index in [4.69, 9.17) is 14.2 Å². The Bertz CT molecular complexity index is 716. The first-order chi connectivity index (χ1) is 13.1. The molecule has 8 heteroatoms. The molecule has 7 nitrogen and oxygen atoms in total. The maximum Gasteiger partial charge on any atom is 0.407 e. The number of carbonyl (C=O) groups is 1. The number of aliphatic hydroxyl groups excluding tert-OH is 2. The average molecular weight is 393 g/mol. The summed E-state index contributed by atoms with van der Waals surface area (Å²) >= 11 is 1.41. The van der Waals surface area contributed by atoms with E-state index in [1.807, 2.05) is 30.3 Å². The predicted molar refractivity (Wildman–Crippen MR) is 99.2 cm³/mol. The van der Waals surface area contributed by atoms with Crippen LogP contribution >= 0.6 is 11.3 Å². The second kappa shape index (κ2) is 9.82. The smallest absolute Gasteiger partial charge is 0.407 e. The molecule has 2 unspecified atom stereocenters. The third kappa shape index (κ3) is 5.75. The Hall–Kier alpha value is -1.97. The molecule has 1 fully saturated rings. The van der Waals surface area contributed by atoms with Gasteiger partial charge in [0.1, 0.15) is 12.7 Å². The van der Waals surface area contributed by atoms with Crippen molar-refractivity contribution in [3.8, 4) is 0 Å². The van der Waals surface area contributed by atoms with Gasteiger partial charge in [0, 0.05) is 6.54 Å². The number of thiophene rings is 1. The number of ether oxygens (including phenoxy) is 3. The molecule has 1 saturated heterocycles. The van der Waals surface area contributed by atoms with Crippen molar-refractivity contribution in [2.45, 2.75) is 31.5 Å². The average Bonchev–Trinajstić information content (AvgIpc) is 3.38. The summed E-state index contributed by atoms with van der Waals surface area (Å²) in [5.74, 6) is 0. The van der Waals surface area contributed by atoms with E-state index in [0.717, 1.165) is 10.4 Å². The zero-order chi connectivity index (χ0) is 19.1. The fourth-order valence-corrected chi connectivity index (χ4v) is 3.58. The van der Waals surface area contributed by atoms with E-state index in [1.165, 1.54) is 11.3 Å². The summed E-state index contributed by atoms with van der Waals surface area (Å²) in [4.78, 5) is 12.5. The highest BCUT2D eigenvalue weighted by Crippen LogP contribution is 2.32. The maximum absolute atomic E-state index is 11.7. The van der Waals surface area contributed by atoms with Crippen molar-refractivity contribution >= 4 is 17.4 Å². The molecule has 1 aliphatic heterocycles. The molecule has 0 aliphatic carbocycles. The Kier molecular flexibility index (Phi) is 7.19. The zero-order valence-corrected chi connectivity index (χ0v) is 15.6. The molecule has 0 spiro atoms. The highest BCUT2D eigenvalue weighted by atomic mass is 32.1. The van der Waals surface area contributed by atoms with Crippen LogP contribution in [0.3, 0.4) is 0 Å². The summed E-state index contributed by atoms with van der Waals surface area (Å²) in [6.07, 6.45) is -2.81. The lowest BCUT2D eigenvalue weighted by atomic mass is 10.0. The largest absolute Gasteiger partial charge is 0.445 e. The van der Waals surface area contributed by atoms with Gasteiger partial charge in [-0.05, 0) is 29.0 Å². The monoisotopic (exact) mass is 393 g/mol. The predicted octanol–water partition coefficient (Wildman–Crippen LogP) is 2.50. The fourth-order valence-electron chi connectivity index (χ4n) is 2.65. The van der Waals surface area contributed by atoms with Crippen LogP contribution in [0, 0.1) is 0 Å². The van der Waals surface area contributed by atoms with Gasteiger partial charge in [0.05, 0.1) is 24.2 Å². The van der Waals surface area contributed by atoms with E-state index in [-0.39, 0.29) is 19.6 Å². The molecule has 2 heterocycles. The number of alkyl carbamates (subject to hydrolysis) is 1. The Labute approximate surface area is 161 Å². The van der Waals surface area contributed by atoms with Gasteiger partial charge < -0.3 is 29.7 Å². The number of aliphatic hydroxyl groups is 2. The number of amides is 1. The van der Waals surface area contributed by atoms with E-state index < -0.39 is 24.6 Å². The number of benzene rings is 1. The minimum absolute atomic E-state index is 0.181. The summed E-state index contributed by atoms with van der Waals surface area (Å²) in [5.41, 5.74) is 1.50. The second-order valence-corrected chi connectivity index (χ2v) is 7.09. The van der Waals surface area contributed by atoms with Crippen LogP contribution < -0.4 is 5.32 Å². The molecule has 3 rings (SSSR count). The second-order valence-electron chi connectivity index (χ2n) is 6.15. The molecule has 2 atom stereocenters. The Balaban J connectivity index is 1.38. The van der Waals surface area contributed by atoms with Gasteiger partial charge in [0.25, 0.3) is 0 Å². The number of hydrogen-bond acceptors (Lipinski definition) is 7. The van der Waals surface area contributed by atoms with Gasteiger partial charge in [-0.1, -0.05) is 30.3 Å². The van der Waals surface area contributed by atoms with Crippen LogP contribution in [0.5, 0.6) is 0 Å². The molecule has 0 radical (unpaired) electrons. The van der Waals surface area contributed by atoms with Crippen molar-refractivity contribution in [2.75, 3.05) is 19.8 Å². The van der Waals surface area contributed by atoms with E-state index in [1.54, 1.807) is 11.4 Å². The molecule has 1 aromatic carbocycles. The number of hydrogen-bond donors (Lipinski definition) is 3. The lowest BCUT2D eigenvalue weighted by Gasteiger charge is -2.17. The molecular weight excluding hydrogens is 370 g/mol. The molecule has 146 valence electrons. The lowest BCUT2D eigenvalue weighted by Crippen LogP contribution is -2.29. The Morgan fingerprint density at radius 3 is 2.74 bits per heavy atom. The highest BCUT2D eigenvalue weighted by Gasteiger charge is 2.24. The molecule has 1 amide bonds. The Morgan fingerprint density at radius 1 is 1.26 bits per heavy atom. The third-order valence-electron chi connectivity index (χ3n) is 4.12. The normalized spacial score (nSPS) is 16.8. The summed E-state index contributed by atoms with van der Waals surface area (Å²) in [6, 6.07) is 11.1. The first-order valence-corrected chi connectivity index (χ1v) is 9.63. The summed E-state index contributed by atoms with van der Waals surface area (Å²) < 4.78 is 15.9. The van der Waals surface area contributed by atoms with Crippen LogP contribution in [-0.2, 0) is 20.8 Å². The third-order valence-corrected chi connectivity index (χ3v) is 5.09. The number of carbonyl (C=O) groups excluding carboxylic acids is 1. The standard InChI is InChI=1S/C19H23NO6S/c21-15(6-7-20-19(23)26-11-13-4-2-1-3-5-13)17(22)14-10-16(27-12-14)18-24-8-9-25-18/h1-5,10,12,15,17-18,21-22H,6-9,11H2,(H,20,23). The topological polar surface area (TPSA) is 97.3 Å². The maximum atomic E-state index is 11.7. The first-order valence-electron chi connectivity index (χ1n) is 8.75. The molecule has 27 heavy (non-hydrogen) atoms. The van der Waals surface area contributed by atoms with Crippen LogP contribution in [-0.4, -0.2) is 42.2 Å². The van der Waals surface area contributed by atoms with Gasteiger partial charge in [-0.15, -0.1) is 11.3 Å². The number of nitrogens with one attached hydrogen (secondary N) is 1. The summed E-state index contributed by atoms with van der Waals surface area (Å²) in [7, 11) is 0. The van der Waals surface area contributed by atoms with Crippen LogP contribution in [0.2, 0.25) is 0 Å². The van der Waals surface area contributed by atoms with E-state index in [9.17, 15) is 15.0 Å². The van der Waals surface area contributed by atoms with Crippen molar-refractivity contribution < 1.29 is 29.2 Å². The van der Waals surface area contributed by atoms with Crippen molar-refractivity contribution in [3.63, 3.8) is 0 Å². The van der Waals surface area contributed by atoms with Crippen molar-refractivity contribution in [1.29, 1.82) is 0 Å². The van der Waals surface area contributed by atoms with Gasteiger partial charge in [0.15, 0.2) is 6.29 Å². The SMILES string of the molecule is O=C(NCCC(O)C(O)c1csc(C2OCCO2)c1)OCc1ccccc1. The molecular formula is C19H23NO6S. The van der Waals surface area contributed by atoms with Gasteiger partial charge in [-0.2, -0.15) is 0 Å². The van der Waals surface area contributed by atoms with Gasteiger partial charge in [-0.25, -0.2) is 4.79 Å². The van der Waals surface area contributed by atoms with Crippen molar-refractivity contribution in [1.82, 2.24) is 5.32 Å². The highest BCUT2D eigenvalue weighted by molar-refractivity contribution is 7.10. The van der Waals surface area contributed by atoms with E-state index in [0.29, 0.717) is 18.8 Å². The van der Waals surface area contributed by atoms with Crippen molar-refractivity contribution in [3.05, 3.63) is 57.8 Å². The van der Waals surface area contributed by atoms with Gasteiger partial charge in [-0.3, -0.25) is 0 Å². The lowest BCUT2D eigenvalue weighted by molar-refractivity contribution is -0.0415. The molecule has 3 N–H and O–H groups in total. The first kappa shape index (κ1) is 19.8. The zero-order valence-electron chi connectivity index (χ0n) is 14.7. The van der Waals surface area contributed by atoms with E-state index >= 15 is 0 Å². The fraction of sp³-hybridized carbons (Fsp3) is 0.421. The molecule has 0 bridgehead atoms. The van der Waals surface area contributed by atoms with E-state index in [2.05, 4.69) is 5.32 Å². The molecule has 1 aliphatic rings. The quantitative estimate of drug-likeness (QED) is 0.638. The van der Waals surface area contributed by atoms with Crippen LogP contribution in [0.4, 0.5) is 4.79 Å². The van der Waals surface area contributed by atoms with Crippen LogP contribution in [0.1, 0.15) is 34.8 Å². The van der Waals surface area contributed by atoms with Crippen LogP contribution in [0.25, 0.3) is 0 Å². The Morgan fingerprint density at radius 2 is 2.00 bits per heavy atom. The summed E-state index contributed by atoms with van der Waals surface area (Å²) in [6.45, 7) is 1.47. The molecule has 2 aromatic rings. The van der Waals surface area contributed by atoms with Gasteiger partial charge in [0.2, 0.25) is 0 Å². The molecule has 1 aromatic heterocycles. The minimum atomic E-state index is -1.04.